The summed E-state index contributed by atoms with van der Waals surface area (Å²) in [6.07, 6.45) is 0.729. The number of carbonyl (C=O) groups excluding carboxylic acids is 4. The molecule has 2 aromatic heterocycles. The molecule has 2 heterocycles. The van der Waals surface area contributed by atoms with E-state index >= 15 is 0 Å². The van der Waals surface area contributed by atoms with Crippen molar-refractivity contribution in [3.8, 4) is 44.6 Å². The van der Waals surface area contributed by atoms with Gasteiger partial charge in [0, 0.05) is 30.1 Å². The Morgan fingerprint density at radius 2 is 1.22 bits per heavy atom. The first-order valence-corrected chi connectivity index (χ1v) is 17.2. The fourth-order valence-electron chi connectivity index (χ4n) is 5.17. The maximum Gasteiger partial charge on any atom is 0.407 e. The summed E-state index contributed by atoms with van der Waals surface area (Å²) in [5.74, 6) is 0. The number of rotatable bonds is 12. The summed E-state index contributed by atoms with van der Waals surface area (Å²) in [7, 11) is 2.18. The minimum absolute atomic E-state index is 0.0124. The highest BCUT2D eigenvalue weighted by atomic mass is 31.1. The SMILES string of the molecule is COC(=O)NCCC(=O)Pc1ncc(-c2ccc3cc(-c4ccc(-c5ccc6nc(PC(=O)CNC(=O)OC)[nH]c6c5)cc4)cc-3cc2)[nH]1. The van der Waals surface area contributed by atoms with Gasteiger partial charge in [-0.1, -0.05) is 54.6 Å². The number of amides is 2. The van der Waals surface area contributed by atoms with Gasteiger partial charge in [-0.05, 0) is 63.2 Å². The molecule has 12 nitrogen and oxygen atoms in total. The van der Waals surface area contributed by atoms with Crippen LogP contribution in [0.5, 0.6) is 0 Å². The summed E-state index contributed by atoms with van der Waals surface area (Å²) < 4.78 is 9.02. The quantitative estimate of drug-likeness (QED) is 0.128. The Balaban J connectivity index is 1.10. The van der Waals surface area contributed by atoms with E-state index in [-0.39, 0.29) is 47.7 Å². The number of aromatic amines is 2. The van der Waals surface area contributed by atoms with E-state index in [2.05, 4.69) is 88.6 Å². The fraction of sp³-hybridized carbons (Fsp3) is 0.143. The number of ether oxygens (including phenoxy) is 2. The van der Waals surface area contributed by atoms with E-state index < -0.39 is 12.2 Å². The molecule has 0 saturated heterocycles. The van der Waals surface area contributed by atoms with Gasteiger partial charge in [-0.3, -0.25) is 9.59 Å². The lowest BCUT2D eigenvalue weighted by molar-refractivity contribution is -0.111. The summed E-state index contributed by atoms with van der Waals surface area (Å²) in [6, 6.07) is 26.9. The van der Waals surface area contributed by atoms with Crippen LogP contribution in [0, 0.1) is 0 Å². The van der Waals surface area contributed by atoms with E-state index in [0.717, 1.165) is 55.7 Å². The molecule has 0 aliphatic heterocycles. The molecular weight excluding hydrogens is 662 g/mol. The number of benzene rings is 2. The van der Waals surface area contributed by atoms with Crippen LogP contribution in [0.25, 0.3) is 55.7 Å². The Hall–Kier alpha value is -5.44. The average Bonchev–Trinajstić information content (AvgIpc) is 3.82. The smallest absolute Gasteiger partial charge is 0.407 e. The molecule has 0 saturated carbocycles. The molecule has 4 aromatic rings. The molecule has 2 aliphatic rings. The molecule has 0 fully saturated rings. The van der Waals surface area contributed by atoms with Crippen LogP contribution in [0.4, 0.5) is 9.59 Å². The Morgan fingerprint density at radius 1 is 0.653 bits per heavy atom. The van der Waals surface area contributed by atoms with Gasteiger partial charge in [-0.25, -0.2) is 19.6 Å². The Bertz CT molecular complexity index is 2090. The van der Waals surface area contributed by atoms with Gasteiger partial charge < -0.3 is 30.1 Å². The van der Waals surface area contributed by atoms with E-state index in [1.165, 1.54) is 14.2 Å². The van der Waals surface area contributed by atoms with Crippen LogP contribution in [0.2, 0.25) is 0 Å². The van der Waals surface area contributed by atoms with Crippen molar-refractivity contribution in [3.05, 3.63) is 85.1 Å². The molecule has 0 spiro atoms. The Morgan fingerprint density at radius 3 is 1.92 bits per heavy atom. The van der Waals surface area contributed by atoms with E-state index in [0.29, 0.717) is 11.1 Å². The van der Waals surface area contributed by atoms with Crippen molar-refractivity contribution in [3.63, 3.8) is 0 Å². The zero-order valence-corrected chi connectivity index (χ0v) is 28.5. The van der Waals surface area contributed by atoms with Crippen LogP contribution in [-0.4, -0.2) is 70.5 Å². The number of hydrogen-bond donors (Lipinski definition) is 4. The van der Waals surface area contributed by atoms with Crippen molar-refractivity contribution in [2.75, 3.05) is 27.3 Å². The minimum atomic E-state index is -0.646. The lowest BCUT2D eigenvalue weighted by Crippen LogP contribution is -2.28. The third-order valence-corrected chi connectivity index (χ3v) is 9.61. The van der Waals surface area contributed by atoms with Gasteiger partial charge in [0.05, 0.1) is 43.7 Å². The lowest BCUT2D eigenvalue weighted by Gasteiger charge is -2.04. The monoisotopic (exact) mass is 694 g/mol. The largest absolute Gasteiger partial charge is 0.453 e. The van der Waals surface area contributed by atoms with Gasteiger partial charge in [0.15, 0.2) is 11.0 Å². The van der Waals surface area contributed by atoms with Crippen molar-refractivity contribution in [1.29, 1.82) is 0 Å². The molecular formula is C35H32N6O6P2. The molecule has 4 N–H and O–H groups in total. The number of hydrogen-bond acceptors (Lipinski definition) is 8. The summed E-state index contributed by atoms with van der Waals surface area (Å²) in [4.78, 5) is 62.3. The highest BCUT2D eigenvalue weighted by Crippen LogP contribution is 2.34. The molecule has 2 amide bonds. The molecule has 248 valence electrons. The Labute approximate surface area is 284 Å². The standard InChI is InChI=1S/C35H32N6O6P2/c1-46-34(44)36-14-13-30(42)48-32-37-18-29(41-32)22-7-9-23-15-26(16-24(23)10-8-22)21-5-3-20(4-6-21)25-11-12-27-28(17-25)40-33(39-27)49-31(43)19-38-35(45)47-2/h3-12,15-18,48-49H,13-14,19H2,1-2H3,(H,36,44)(H,37,41)(H,38,45)(H,39,40). The average molecular weight is 695 g/mol. The number of imidazole rings is 2. The molecule has 2 unspecified atom stereocenters. The van der Waals surface area contributed by atoms with Crippen LogP contribution in [0.1, 0.15) is 6.42 Å². The maximum absolute atomic E-state index is 12.3. The predicted octanol–water partition coefficient (Wildman–Crippen LogP) is 5.15. The summed E-state index contributed by atoms with van der Waals surface area (Å²) in [6.45, 7) is 0.106. The molecule has 49 heavy (non-hydrogen) atoms. The van der Waals surface area contributed by atoms with Crippen LogP contribution >= 0.6 is 17.2 Å². The number of aromatic nitrogens is 4. The first kappa shape index (κ1) is 33.5. The zero-order valence-electron chi connectivity index (χ0n) is 26.5. The first-order chi connectivity index (χ1) is 23.8. The van der Waals surface area contributed by atoms with Crippen molar-refractivity contribution >= 4 is 62.6 Å². The first-order valence-electron chi connectivity index (χ1n) is 15.2. The molecule has 2 aromatic carbocycles. The van der Waals surface area contributed by atoms with E-state index in [1.807, 2.05) is 30.3 Å². The highest BCUT2D eigenvalue weighted by Gasteiger charge is 2.13. The van der Waals surface area contributed by atoms with Crippen LogP contribution < -0.4 is 21.8 Å². The van der Waals surface area contributed by atoms with Gasteiger partial charge in [0.2, 0.25) is 0 Å². The van der Waals surface area contributed by atoms with Crippen LogP contribution in [0.3, 0.4) is 0 Å². The van der Waals surface area contributed by atoms with E-state index in [9.17, 15) is 19.2 Å². The molecule has 0 radical (unpaired) electrons. The van der Waals surface area contributed by atoms with Crippen molar-refractivity contribution in [2.45, 2.75) is 6.42 Å². The highest BCUT2D eigenvalue weighted by molar-refractivity contribution is 7.65. The molecule has 2 atom stereocenters. The van der Waals surface area contributed by atoms with Crippen LogP contribution in [-0.2, 0) is 19.1 Å². The summed E-state index contributed by atoms with van der Waals surface area (Å²) >= 11 is 0. The second-order valence-corrected chi connectivity index (χ2v) is 13.5. The van der Waals surface area contributed by atoms with Crippen molar-refractivity contribution < 1.29 is 28.7 Å². The molecule has 2 aliphatic carbocycles. The maximum atomic E-state index is 12.3. The number of fused-ring (bicyclic) bond motifs is 2. The molecule has 14 heteroatoms. The number of methoxy groups -OCH3 is 2. The molecule has 6 rings (SSSR count). The van der Waals surface area contributed by atoms with Gasteiger partial charge in [0.25, 0.3) is 0 Å². The third-order valence-electron chi connectivity index (χ3n) is 7.66. The lowest BCUT2D eigenvalue weighted by atomic mass is 10.0. The molecule has 0 bridgehead atoms. The number of nitrogens with one attached hydrogen (secondary N) is 4. The van der Waals surface area contributed by atoms with Gasteiger partial charge >= 0.3 is 12.2 Å². The topological polar surface area (TPSA) is 168 Å². The van der Waals surface area contributed by atoms with E-state index in [4.69, 9.17) is 0 Å². The van der Waals surface area contributed by atoms with Gasteiger partial charge in [0.1, 0.15) is 11.1 Å². The third kappa shape index (κ3) is 8.35. The summed E-state index contributed by atoms with van der Waals surface area (Å²) in [5.41, 5.74) is 10.8. The number of carbonyl (C=O) groups is 4. The summed E-state index contributed by atoms with van der Waals surface area (Å²) in [5, 5.41) is 4.90. The van der Waals surface area contributed by atoms with Gasteiger partial charge in [-0.15, -0.1) is 0 Å². The van der Waals surface area contributed by atoms with Crippen LogP contribution in [0.15, 0.2) is 85.1 Å². The minimum Gasteiger partial charge on any atom is -0.453 e. The van der Waals surface area contributed by atoms with Crippen molar-refractivity contribution in [2.24, 2.45) is 0 Å². The predicted molar refractivity (Wildman–Crippen MR) is 193 cm³/mol. The second kappa shape index (κ2) is 15.2. The fourth-order valence-corrected chi connectivity index (χ4v) is 6.83. The van der Waals surface area contributed by atoms with Gasteiger partial charge in [-0.2, -0.15) is 0 Å². The second-order valence-electron chi connectivity index (χ2n) is 10.9. The number of H-pyrrole nitrogens is 2. The van der Waals surface area contributed by atoms with E-state index in [1.54, 1.807) is 6.20 Å². The Kier molecular flexibility index (Phi) is 10.4. The normalized spacial score (nSPS) is 11.5. The number of alkyl carbamates (subject to hydrolysis) is 2. The number of nitrogens with zero attached hydrogens (tertiary/aromatic N) is 2. The van der Waals surface area contributed by atoms with Crippen molar-refractivity contribution in [1.82, 2.24) is 30.6 Å². The zero-order chi connectivity index (χ0) is 34.3.